The lowest BCUT2D eigenvalue weighted by atomic mass is 10.3. The van der Waals surface area contributed by atoms with Crippen LogP contribution in [0.5, 0.6) is 11.5 Å². The Kier molecular flexibility index (Phi) is 6.62. The second-order valence-electron chi connectivity index (χ2n) is 5.98. The van der Waals surface area contributed by atoms with E-state index in [1.54, 1.807) is 0 Å². The molecule has 2 heterocycles. The maximum Gasteiger partial charge on any atom is 0.220 e. The molecule has 1 amide bonds. The molecule has 0 aliphatic heterocycles. The number of para-hydroxylation sites is 2. The van der Waals surface area contributed by atoms with Crippen molar-refractivity contribution < 1.29 is 14.3 Å². The molecule has 142 valence electrons. The first-order chi connectivity index (χ1) is 13.3. The van der Waals surface area contributed by atoms with E-state index in [1.165, 1.54) is 0 Å². The molecule has 0 bridgehead atoms. The summed E-state index contributed by atoms with van der Waals surface area (Å²) in [6.45, 7) is 3.52. The first-order valence-corrected chi connectivity index (χ1v) is 9.18. The number of fused-ring (bicyclic) bond motifs is 1. The highest BCUT2D eigenvalue weighted by Crippen LogP contribution is 2.26. The molecule has 0 fully saturated rings. The Balaban J connectivity index is 1.35. The average molecular weight is 368 g/mol. The van der Waals surface area contributed by atoms with E-state index >= 15 is 0 Å². The van der Waals surface area contributed by atoms with E-state index in [0.717, 1.165) is 17.2 Å². The van der Waals surface area contributed by atoms with Crippen LogP contribution < -0.4 is 14.8 Å². The number of carbonyl (C=O) groups is 1. The molecule has 0 aliphatic carbocycles. The third kappa shape index (κ3) is 5.20. The van der Waals surface area contributed by atoms with Gasteiger partial charge in [0.1, 0.15) is 5.82 Å². The van der Waals surface area contributed by atoms with Crippen molar-refractivity contribution in [2.45, 2.75) is 26.2 Å². The van der Waals surface area contributed by atoms with Gasteiger partial charge in [0.15, 0.2) is 17.1 Å². The highest BCUT2D eigenvalue weighted by molar-refractivity contribution is 5.75. The van der Waals surface area contributed by atoms with Crippen LogP contribution in [0, 0.1) is 0 Å². The summed E-state index contributed by atoms with van der Waals surface area (Å²) in [5.41, 5.74) is 0.809. The van der Waals surface area contributed by atoms with Crippen molar-refractivity contribution >= 4 is 11.6 Å². The Morgan fingerprint density at radius 1 is 1.07 bits per heavy atom. The summed E-state index contributed by atoms with van der Waals surface area (Å²) in [7, 11) is 0. The van der Waals surface area contributed by atoms with Gasteiger partial charge in [-0.25, -0.2) is 0 Å². The van der Waals surface area contributed by atoms with Gasteiger partial charge in [-0.05, 0) is 37.6 Å². The zero-order valence-corrected chi connectivity index (χ0v) is 15.4. The topological polar surface area (TPSA) is 77.8 Å². The van der Waals surface area contributed by atoms with Crippen LogP contribution in [0.2, 0.25) is 0 Å². The summed E-state index contributed by atoms with van der Waals surface area (Å²) >= 11 is 0. The van der Waals surface area contributed by atoms with E-state index in [-0.39, 0.29) is 5.91 Å². The molecule has 0 radical (unpaired) electrons. The predicted molar refractivity (Wildman–Crippen MR) is 102 cm³/mol. The lowest BCUT2D eigenvalue weighted by molar-refractivity contribution is -0.121. The van der Waals surface area contributed by atoms with E-state index < -0.39 is 0 Å². The maximum absolute atomic E-state index is 12.0. The van der Waals surface area contributed by atoms with Crippen LogP contribution in [0.25, 0.3) is 5.65 Å². The van der Waals surface area contributed by atoms with Gasteiger partial charge >= 0.3 is 0 Å². The van der Waals surface area contributed by atoms with Crippen LogP contribution in [0.1, 0.15) is 25.6 Å². The zero-order chi connectivity index (χ0) is 18.9. The molecular weight excluding hydrogens is 344 g/mol. The second-order valence-corrected chi connectivity index (χ2v) is 5.98. The summed E-state index contributed by atoms with van der Waals surface area (Å²) < 4.78 is 13.2. The highest BCUT2D eigenvalue weighted by atomic mass is 16.5. The van der Waals surface area contributed by atoms with E-state index in [2.05, 4.69) is 15.5 Å². The number of hydrogen-bond acceptors (Lipinski definition) is 5. The van der Waals surface area contributed by atoms with E-state index in [4.69, 9.17) is 9.47 Å². The van der Waals surface area contributed by atoms with Gasteiger partial charge in [0.25, 0.3) is 0 Å². The van der Waals surface area contributed by atoms with E-state index in [0.29, 0.717) is 44.8 Å². The van der Waals surface area contributed by atoms with Crippen molar-refractivity contribution in [1.29, 1.82) is 0 Å². The summed E-state index contributed by atoms with van der Waals surface area (Å²) in [4.78, 5) is 12.0. The molecule has 1 aromatic carbocycles. The van der Waals surface area contributed by atoms with Crippen LogP contribution in [0.15, 0.2) is 48.7 Å². The minimum Gasteiger partial charge on any atom is -0.490 e. The molecule has 0 unspecified atom stereocenters. The van der Waals surface area contributed by atoms with Crippen molar-refractivity contribution in [3.63, 3.8) is 0 Å². The van der Waals surface area contributed by atoms with Gasteiger partial charge in [-0.2, -0.15) is 0 Å². The van der Waals surface area contributed by atoms with E-state index in [1.807, 2.05) is 60.0 Å². The third-order valence-electron chi connectivity index (χ3n) is 4.01. The van der Waals surface area contributed by atoms with Gasteiger partial charge in [0.2, 0.25) is 5.91 Å². The molecule has 3 aromatic rings. The molecule has 1 N–H and O–H groups in total. The van der Waals surface area contributed by atoms with Crippen LogP contribution in [-0.2, 0) is 11.2 Å². The SMILES string of the molecule is CCOc1ccccc1OCCCC(=O)NCCc1nnc2ccccn12. The number of benzene rings is 1. The van der Waals surface area contributed by atoms with Crippen LogP contribution in [0.4, 0.5) is 0 Å². The Hall–Kier alpha value is -3.09. The van der Waals surface area contributed by atoms with Crippen molar-refractivity contribution in [1.82, 2.24) is 19.9 Å². The Morgan fingerprint density at radius 2 is 1.85 bits per heavy atom. The molecule has 0 saturated heterocycles. The van der Waals surface area contributed by atoms with Gasteiger partial charge in [0.05, 0.1) is 13.2 Å². The number of ether oxygens (including phenoxy) is 2. The fourth-order valence-corrected chi connectivity index (χ4v) is 2.72. The molecular formula is C20H24N4O3. The number of nitrogens with zero attached hydrogens (tertiary/aromatic N) is 3. The van der Waals surface area contributed by atoms with Crippen molar-refractivity contribution in [2.75, 3.05) is 19.8 Å². The van der Waals surface area contributed by atoms with Crippen LogP contribution >= 0.6 is 0 Å². The number of amides is 1. The van der Waals surface area contributed by atoms with Crippen molar-refractivity contribution in [2.24, 2.45) is 0 Å². The monoisotopic (exact) mass is 368 g/mol. The largest absolute Gasteiger partial charge is 0.490 e. The molecule has 0 saturated carbocycles. The number of aromatic nitrogens is 3. The average Bonchev–Trinajstić information content (AvgIpc) is 3.10. The number of nitrogens with one attached hydrogen (secondary N) is 1. The third-order valence-corrected chi connectivity index (χ3v) is 4.01. The van der Waals surface area contributed by atoms with Crippen molar-refractivity contribution in [3.8, 4) is 11.5 Å². The Bertz CT molecular complexity index is 878. The second kappa shape index (κ2) is 9.56. The van der Waals surface area contributed by atoms with E-state index in [9.17, 15) is 4.79 Å². The quantitative estimate of drug-likeness (QED) is 0.557. The summed E-state index contributed by atoms with van der Waals surface area (Å²) in [5, 5.41) is 11.2. The van der Waals surface area contributed by atoms with Crippen molar-refractivity contribution in [3.05, 3.63) is 54.5 Å². The summed E-state index contributed by atoms with van der Waals surface area (Å²) in [5.74, 6) is 2.27. The molecule has 0 aliphatic rings. The van der Waals surface area contributed by atoms with Crippen LogP contribution in [0.3, 0.4) is 0 Å². The lowest BCUT2D eigenvalue weighted by Crippen LogP contribution is -2.26. The molecule has 2 aromatic heterocycles. The first-order valence-electron chi connectivity index (χ1n) is 9.18. The molecule has 0 spiro atoms. The predicted octanol–water partition coefficient (Wildman–Crippen LogP) is 2.65. The number of carbonyl (C=O) groups excluding carboxylic acids is 1. The Morgan fingerprint density at radius 3 is 2.67 bits per heavy atom. The van der Waals surface area contributed by atoms with Gasteiger partial charge in [0, 0.05) is 25.6 Å². The van der Waals surface area contributed by atoms with Crippen LogP contribution in [-0.4, -0.2) is 40.3 Å². The maximum atomic E-state index is 12.0. The number of rotatable bonds is 10. The summed E-state index contributed by atoms with van der Waals surface area (Å²) in [6, 6.07) is 13.3. The zero-order valence-electron chi connectivity index (χ0n) is 15.4. The van der Waals surface area contributed by atoms with Gasteiger partial charge < -0.3 is 14.8 Å². The number of pyridine rings is 1. The minimum absolute atomic E-state index is 0.00511. The normalized spacial score (nSPS) is 10.7. The molecule has 7 nitrogen and oxygen atoms in total. The molecule has 27 heavy (non-hydrogen) atoms. The number of hydrogen-bond donors (Lipinski definition) is 1. The fourth-order valence-electron chi connectivity index (χ4n) is 2.72. The van der Waals surface area contributed by atoms with Gasteiger partial charge in [-0.3, -0.25) is 9.20 Å². The first kappa shape index (κ1) is 18.7. The molecule has 0 atom stereocenters. The molecule has 7 heteroatoms. The summed E-state index contributed by atoms with van der Waals surface area (Å²) in [6.07, 6.45) is 3.61. The molecule has 3 rings (SSSR count). The fraction of sp³-hybridized carbons (Fsp3) is 0.350. The van der Waals surface area contributed by atoms with Gasteiger partial charge in [-0.15, -0.1) is 10.2 Å². The minimum atomic E-state index is 0.00511. The van der Waals surface area contributed by atoms with Gasteiger partial charge in [-0.1, -0.05) is 18.2 Å². The highest BCUT2D eigenvalue weighted by Gasteiger charge is 2.07. The standard InChI is InChI=1S/C20H24N4O3/c1-2-26-16-8-3-4-9-17(16)27-15-7-11-20(25)21-13-12-19-23-22-18-10-5-6-14-24(18)19/h3-6,8-10,14H,2,7,11-13,15H2,1H3,(H,21,25). The lowest BCUT2D eigenvalue weighted by Gasteiger charge is -2.11. The smallest absolute Gasteiger partial charge is 0.220 e. The Labute approximate surface area is 158 Å².